The molecule has 4 heteroatoms. The Bertz CT molecular complexity index is 773. The molecule has 0 heterocycles. The Balaban J connectivity index is 0.000000667. The van der Waals surface area contributed by atoms with Gasteiger partial charge in [-0.3, -0.25) is 0 Å². The molecule has 0 aromatic heterocycles. The van der Waals surface area contributed by atoms with Gasteiger partial charge in [-0.1, -0.05) is 0 Å². The quantitative estimate of drug-likeness (QED) is 0.223. The average molecular weight is 527 g/mol. The molecule has 140 valence electrons. The molecule has 0 aliphatic rings. The predicted molar refractivity (Wildman–Crippen MR) is 114 cm³/mol. The molecule has 0 aliphatic carbocycles. The molecule has 2 radical (unpaired) electrons. The molecule has 0 bridgehead atoms. The van der Waals surface area contributed by atoms with Gasteiger partial charge in [-0.15, -0.1) is 0 Å². The van der Waals surface area contributed by atoms with Crippen LogP contribution >= 0.6 is 0 Å². The van der Waals surface area contributed by atoms with Gasteiger partial charge in [-0.05, 0) is 0 Å². The summed E-state index contributed by atoms with van der Waals surface area (Å²) in [7, 11) is 0. The van der Waals surface area contributed by atoms with Crippen molar-refractivity contribution in [3.63, 3.8) is 0 Å². The summed E-state index contributed by atoms with van der Waals surface area (Å²) in [6, 6.07) is 42.9. The molecule has 0 N–H and O–H groups in total. The van der Waals surface area contributed by atoms with Crippen LogP contribution in [0.25, 0.3) is 0 Å². The summed E-state index contributed by atoms with van der Waals surface area (Å²) < 4.78 is 19.6. The van der Waals surface area contributed by atoms with E-state index in [4.69, 9.17) is 9.30 Å². The van der Waals surface area contributed by atoms with Crippen LogP contribution < -0.4 is 10.7 Å². The zero-order valence-corrected chi connectivity index (χ0v) is 19.7. The first kappa shape index (κ1) is 26.8. The molecule has 0 saturated carbocycles. The van der Waals surface area contributed by atoms with Crippen LogP contribution in [0.3, 0.4) is 0 Å². The molecule has 4 aromatic carbocycles. The molecule has 0 fully saturated rings. The van der Waals surface area contributed by atoms with Gasteiger partial charge in [-0.2, -0.15) is 18.2 Å². The van der Waals surface area contributed by atoms with Gasteiger partial charge in [0.25, 0.3) is 0 Å². The van der Waals surface area contributed by atoms with Gasteiger partial charge in [-0.25, -0.2) is 12.1 Å². The molecule has 2 nitrogen and oxygen atoms in total. The fraction of sp³-hybridized carbons (Fsp3) is 0. The van der Waals surface area contributed by atoms with Crippen molar-refractivity contribution in [3.05, 3.63) is 135 Å². The van der Waals surface area contributed by atoms with Gasteiger partial charge >= 0.3 is 161 Å². The van der Waals surface area contributed by atoms with E-state index in [-0.39, 0.29) is 17.1 Å². The second-order valence-corrected chi connectivity index (χ2v) is 12.5. The molecule has 0 unspecified atom stereocenters. The van der Waals surface area contributed by atoms with Crippen molar-refractivity contribution in [1.29, 1.82) is 0 Å². The minimum absolute atomic E-state index is 0. The molecule has 0 atom stereocenters. The summed E-state index contributed by atoms with van der Waals surface area (Å²) >= 11 is -1.98. The number of hydrogen-bond donors (Lipinski definition) is 0. The van der Waals surface area contributed by atoms with Gasteiger partial charge in [0.2, 0.25) is 0 Å². The topological polar surface area (TPSA) is 39.8 Å². The van der Waals surface area contributed by atoms with Crippen molar-refractivity contribution < 1.29 is 26.4 Å². The maximum atomic E-state index is 7.50. The van der Waals surface area contributed by atoms with E-state index in [0.29, 0.717) is 0 Å². The Hall–Kier alpha value is -2.19. The summed E-state index contributed by atoms with van der Waals surface area (Å²) in [5.74, 6) is 0. The third-order valence-corrected chi connectivity index (χ3v) is 11.5. The first-order chi connectivity index (χ1) is 13.9. The van der Waals surface area contributed by atoms with Gasteiger partial charge in [0.15, 0.2) is 0 Å². The zero-order chi connectivity index (χ0) is 20.5. The molecular weight excluding hydrogens is 507 g/mol. The summed E-state index contributed by atoms with van der Waals surface area (Å²) in [6.45, 7) is 9.00. The SMILES string of the molecule is [C-]#[O+].[C-]#[O+].[Fe+5].c1cc[cH-]c1.c1cc[c]([Sn]([c]2ccccc2)[c]2ccccc2)cc1. The number of rotatable bonds is 3. The van der Waals surface area contributed by atoms with Crippen LogP contribution in [0.1, 0.15) is 0 Å². The van der Waals surface area contributed by atoms with Gasteiger partial charge in [0, 0.05) is 0 Å². The van der Waals surface area contributed by atoms with Crippen LogP contribution in [-0.2, 0) is 26.4 Å². The van der Waals surface area contributed by atoms with Gasteiger partial charge in [0.1, 0.15) is 0 Å². The second kappa shape index (κ2) is 17.9. The van der Waals surface area contributed by atoms with E-state index >= 15 is 0 Å². The Morgan fingerprint density at radius 3 is 0.966 bits per heavy atom. The molecule has 0 saturated heterocycles. The Labute approximate surface area is 190 Å². The van der Waals surface area contributed by atoms with Crippen LogP contribution in [-0.4, -0.2) is 19.8 Å². The molecule has 0 spiro atoms. The predicted octanol–water partition coefficient (Wildman–Crippen LogP) is 3.53. The van der Waals surface area contributed by atoms with Crippen molar-refractivity contribution in [2.75, 3.05) is 0 Å². The average Bonchev–Trinajstić information content (AvgIpc) is 3.39. The molecule has 0 amide bonds. The normalized spacial score (nSPS) is 8.45. The van der Waals surface area contributed by atoms with E-state index in [1.807, 2.05) is 30.3 Å². The first-order valence-electron chi connectivity index (χ1n) is 8.56. The molecule has 4 aromatic rings. The van der Waals surface area contributed by atoms with E-state index in [2.05, 4.69) is 104 Å². The molecule has 29 heavy (non-hydrogen) atoms. The summed E-state index contributed by atoms with van der Waals surface area (Å²) in [6.07, 6.45) is 0. The molecule has 4 rings (SSSR count). The number of hydrogen-bond acceptors (Lipinski definition) is 0. The Morgan fingerprint density at radius 2 is 0.759 bits per heavy atom. The van der Waals surface area contributed by atoms with Crippen molar-refractivity contribution >= 4 is 30.5 Å². The minimum atomic E-state index is -1.98. The van der Waals surface area contributed by atoms with Gasteiger partial charge < -0.3 is 0 Å². The third kappa shape index (κ3) is 9.71. The van der Waals surface area contributed by atoms with E-state index in [1.165, 1.54) is 10.7 Å². The second-order valence-electron chi connectivity index (χ2n) is 5.44. The Kier molecular flexibility index (Phi) is 16.5. The van der Waals surface area contributed by atoms with Crippen LogP contribution in [0.4, 0.5) is 0 Å². The van der Waals surface area contributed by atoms with E-state index in [1.54, 1.807) is 0 Å². The fourth-order valence-electron chi connectivity index (χ4n) is 2.64. The molecular formula is C25H20FeO2Sn+4. The maximum absolute atomic E-state index is 7.50. The van der Waals surface area contributed by atoms with E-state index < -0.39 is 19.8 Å². The van der Waals surface area contributed by atoms with E-state index in [9.17, 15) is 0 Å². The van der Waals surface area contributed by atoms with Crippen LogP contribution in [0.15, 0.2) is 121 Å². The van der Waals surface area contributed by atoms with Crippen LogP contribution in [0.5, 0.6) is 0 Å². The summed E-state index contributed by atoms with van der Waals surface area (Å²) in [5.41, 5.74) is 0. The summed E-state index contributed by atoms with van der Waals surface area (Å²) in [4.78, 5) is 0. The summed E-state index contributed by atoms with van der Waals surface area (Å²) in [5, 5.41) is 0. The van der Waals surface area contributed by atoms with Crippen molar-refractivity contribution in [1.82, 2.24) is 0 Å². The van der Waals surface area contributed by atoms with Crippen LogP contribution in [0, 0.1) is 13.3 Å². The van der Waals surface area contributed by atoms with Crippen molar-refractivity contribution in [3.8, 4) is 0 Å². The first-order valence-corrected chi connectivity index (χ1v) is 12.8. The third-order valence-electron chi connectivity index (χ3n) is 3.74. The van der Waals surface area contributed by atoms with Crippen molar-refractivity contribution in [2.45, 2.75) is 0 Å². The zero-order valence-electron chi connectivity index (χ0n) is 15.7. The Morgan fingerprint density at radius 1 is 0.483 bits per heavy atom. The fourth-order valence-corrected chi connectivity index (χ4v) is 9.99. The van der Waals surface area contributed by atoms with Crippen molar-refractivity contribution in [2.24, 2.45) is 0 Å². The number of benzene rings is 3. The standard InChI is InChI=1S/3C6H5.C5H5.2CO.Fe.Sn/c3*1-2-4-6-5-3-1;1-2-4-5-3-1;2*1-2;;/h3*1-5H;1-5H;;;;/q;;;-1;;;+5;. The van der Waals surface area contributed by atoms with E-state index in [0.717, 1.165) is 0 Å². The van der Waals surface area contributed by atoms with Crippen LogP contribution in [0.2, 0.25) is 0 Å². The monoisotopic (exact) mass is 528 g/mol. The molecule has 0 aliphatic heterocycles. The van der Waals surface area contributed by atoms with Gasteiger partial charge in [0.05, 0.1) is 0 Å².